The first-order chi connectivity index (χ1) is 11.8. The smallest absolute Gasteiger partial charge is 0.277 e. The monoisotopic (exact) mass is 458 g/mol. The Bertz CT molecular complexity index is 825. The number of carbonyl (C=O) groups is 1. The molecule has 0 aliphatic rings. The second kappa shape index (κ2) is 8.39. The summed E-state index contributed by atoms with van der Waals surface area (Å²) in [4.78, 5) is 17.2. The largest absolute Gasteiger partial charge is 0.352 e. The molecule has 0 saturated heterocycles. The van der Waals surface area contributed by atoms with Crippen LogP contribution in [0.3, 0.4) is 0 Å². The SMILES string of the molecule is C=C(C)CONC(=O)c1ccc(F)c(F)c1Nc1ccc(I)cc1C. The molecule has 0 saturated carbocycles. The molecule has 2 aromatic carbocycles. The highest BCUT2D eigenvalue weighted by molar-refractivity contribution is 14.1. The molecule has 7 heteroatoms. The van der Waals surface area contributed by atoms with E-state index in [9.17, 15) is 13.6 Å². The molecule has 0 spiro atoms. The van der Waals surface area contributed by atoms with Crippen LogP contribution in [0.4, 0.5) is 20.2 Å². The lowest BCUT2D eigenvalue weighted by atomic mass is 10.1. The van der Waals surface area contributed by atoms with E-state index in [-0.39, 0.29) is 17.9 Å². The van der Waals surface area contributed by atoms with Gasteiger partial charge in [-0.3, -0.25) is 9.63 Å². The Balaban J connectivity index is 2.33. The maximum Gasteiger partial charge on any atom is 0.277 e. The molecule has 0 atom stereocenters. The number of rotatable bonds is 6. The molecular formula is C18H17F2IN2O2. The summed E-state index contributed by atoms with van der Waals surface area (Å²) in [6.45, 7) is 7.32. The van der Waals surface area contributed by atoms with Gasteiger partial charge in [-0.25, -0.2) is 14.3 Å². The number of hydroxylamine groups is 1. The van der Waals surface area contributed by atoms with Crippen LogP contribution in [0.25, 0.3) is 0 Å². The predicted octanol–water partition coefficient (Wildman–Crippen LogP) is 4.86. The van der Waals surface area contributed by atoms with Crippen molar-refractivity contribution in [1.82, 2.24) is 5.48 Å². The Kier molecular flexibility index (Phi) is 6.49. The van der Waals surface area contributed by atoms with E-state index in [1.54, 1.807) is 13.0 Å². The molecule has 0 aromatic heterocycles. The van der Waals surface area contributed by atoms with Gasteiger partial charge in [0, 0.05) is 9.26 Å². The summed E-state index contributed by atoms with van der Waals surface area (Å²) < 4.78 is 29.0. The first-order valence-electron chi connectivity index (χ1n) is 7.37. The zero-order valence-corrected chi connectivity index (χ0v) is 15.9. The van der Waals surface area contributed by atoms with Gasteiger partial charge in [-0.05, 0) is 72.3 Å². The van der Waals surface area contributed by atoms with Crippen molar-refractivity contribution >= 4 is 39.9 Å². The van der Waals surface area contributed by atoms with E-state index < -0.39 is 17.5 Å². The second-order valence-corrected chi connectivity index (χ2v) is 6.79. The van der Waals surface area contributed by atoms with Crippen LogP contribution in [-0.2, 0) is 4.84 Å². The molecule has 2 aromatic rings. The lowest BCUT2D eigenvalue weighted by Crippen LogP contribution is -2.25. The molecule has 2 N–H and O–H groups in total. The first-order valence-corrected chi connectivity index (χ1v) is 8.45. The fraction of sp³-hybridized carbons (Fsp3) is 0.167. The predicted molar refractivity (Wildman–Crippen MR) is 102 cm³/mol. The average Bonchev–Trinajstić information content (AvgIpc) is 2.53. The number of amides is 1. The van der Waals surface area contributed by atoms with E-state index in [0.29, 0.717) is 11.3 Å². The van der Waals surface area contributed by atoms with Crippen molar-refractivity contribution < 1.29 is 18.4 Å². The van der Waals surface area contributed by atoms with Crippen molar-refractivity contribution in [2.24, 2.45) is 0 Å². The fourth-order valence-electron chi connectivity index (χ4n) is 2.04. The van der Waals surface area contributed by atoms with Crippen molar-refractivity contribution in [3.8, 4) is 0 Å². The number of aryl methyl sites for hydroxylation is 1. The van der Waals surface area contributed by atoms with Gasteiger partial charge in [0.1, 0.15) is 0 Å². The Hall–Kier alpha value is -2.00. The van der Waals surface area contributed by atoms with Gasteiger partial charge in [0.05, 0.1) is 17.9 Å². The fourth-order valence-corrected chi connectivity index (χ4v) is 2.69. The number of carbonyl (C=O) groups excluding carboxylic acids is 1. The van der Waals surface area contributed by atoms with Gasteiger partial charge in [0.15, 0.2) is 11.6 Å². The van der Waals surface area contributed by atoms with Gasteiger partial charge in [-0.2, -0.15) is 0 Å². The zero-order chi connectivity index (χ0) is 18.6. The van der Waals surface area contributed by atoms with Crippen LogP contribution in [0.15, 0.2) is 42.5 Å². The third-order valence-electron chi connectivity index (χ3n) is 3.27. The van der Waals surface area contributed by atoms with Crippen molar-refractivity contribution in [2.75, 3.05) is 11.9 Å². The minimum atomic E-state index is -1.13. The molecule has 0 fully saturated rings. The molecular weight excluding hydrogens is 441 g/mol. The standard InChI is InChI=1S/C18H17F2IN2O2/c1-10(2)9-25-23-18(24)13-5-6-14(19)16(20)17(13)22-15-7-4-12(21)8-11(15)3/h4-8,22H,1,9H2,2-3H3,(H,23,24). The third kappa shape index (κ3) is 4.99. The number of anilines is 2. The molecule has 132 valence electrons. The number of halogens is 3. The topological polar surface area (TPSA) is 50.4 Å². The van der Waals surface area contributed by atoms with E-state index in [1.165, 1.54) is 6.07 Å². The lowest BCUT2D eigenvalue weighted by Gasteiger charge is -2.15. The number of hydrogen-bond acceptors (Lipinski definition) is 3. The Labute approximate surface area is 158 Å². The molecule has 0 unspecified atom stereocenters. The van der Waals surface area contributed by atoms with Gasteiger partial charge in [0.25, 0.3) is 5.91 Å². The van der Waals surface area contributed by atoms with E-state index >= 15 is 0 Å². The van der Waals surface area contributed by atoms with Gasteiger partial charge in [-0.1, -0.05) is 12.2 Å². The summed E-state index contributed by atoms with van der Waals surface area (Å²) in [5, 5.41) is 2.80. The third-order valence-corrected chi connectivity index (χ3v) is 3.94. The van der Waals surface area contributed by atoms with Gasteiger partial charge < -0.3 is 5.32 Å². The molecule has 25 heavy (non-hydrogen) atoms. The van der Waals surface area contributed by atoms with Crippen LogP contribution in [-0.4, -0.2) is 12.5 Å². The van der Waals surface area contributed by atoms with Crippen LogP contribution in [0.1, 0.15) is 22.8 Å². The van der Waals surface area contributed by atoms with E-state index in [1.807, 2.05) is 19.1 Å². The van der Waals surface area contributed by atoms with Gasteiger partial charge in [0.2, 0.25) is 0 Å². The van der Waals surface area contributed by atoms with Crippen LogP contribution in [0, 0.1) is 22.1 Å². The van der Waals surface area contributed by atoms with Crippen LogP contribution >= 0.6 is 22.6 Å². The van der Waals surface area contributed by atoms with E-state index in [4.69, 9.17) is 4.84 Å². The number of benzene rings is 2. The molecule has 2 rings (SSSR count). The summed E-state index contributed by atoms with van der Waals surface area (Å²) in [6.07, 6.45) is 0. The van der Waals surface area contributed by atoms with E-state index in [0.717, 1.165) is 15.2 Å². The molecule has 1 amide bonds. The zero-order valence-electron chi connectivity index (χ0n) is 13.8. The van der Waals surface area contributed by atoms with Crippen LogP contribution in [0.5, 0.6) is 0 Å². The first kappa shape index (κ1) is 19.3. The normalized spacial score (nSPS) is 10.4. The minimum absolute atomic E-state index is 0.0708. The maximum atomic E-state index is 14.3. The molecule has 0 radical (unpaired) electrons. The number of nitrogens with one attached hydrogen (secondary N) is 2. The van der Waals surface area contributed by atoms with Crippen LogP contribution in [0.2, 0.25) is 0 Å². The Morgan fingerprint density at radius 1 is 1.28 bits per heavy atom. The summed E-state index contributed by atoms with van der Waals surface area (Å²) in [6, 6.07) is 7.54. The quantitative estimate of drug-likeness (QED) is 0.370. The maximum absolute atomic E-state index is 14.3. The highest BCUT2D eigenvalue weighted by atomic mass is 127. The van der Waals surface area contributed by atoms with Gasteiger partial charge in [-0.15, -0.1) is 0 Å². The summed E-state index contributed by atoms with van der Waals surface area (Å²) in [5.74, 6) is -2.87. The average molecular weight is 458 g/mol. The molecule has 0 heterocycles. The van der Waals surface area contributed by atoms with Crippen LogP contribution < -0.4 is 10.8 Å². The molecule has 0 bridgehead atoms. The lowest BCUT2D eigenvalue weighted by molar-refractivity contribution is 0.0401. The highest BCUT2D eigenvalue weighted by Crippen LogP contribution is 2.28. The Morgan fingerprint density at radius 2 is 2.00 bits per heavy atom. The second-order valence-electron chi connectivity index (χ2n) is 5.55. The molecule has 4 nitrogen and oxygen atoms in total. The minimum Gasteiger partial charge on any atom is -0.352 e. The highest BCUT2D eigenvalue weighted by Gasteiger charge is 2.19. The summed E-state index contributed by atoms with van der Waals surface area (Å²) in [5.41, 5.74) is 3.99. The van der Waals surface area contributed by atoms with Crippen molar-refractivity contribution in [3.63, 3.8) is 0 Å². The molecule has 0 aliphatic heterocycles. The Morgan fingerprint density at radius 3 is 2.64 bits per heavy atom. The summed E-state index contributed by atoms with van der Waals surface area (Å²) >= 11 is 2.15. The van der Waals surface area contributed by atoms with Gasteiger partial charge >= 0.3 is 0 Å². The van der Waals surface area contributed by atoms with E-state index in [2.05, 4.69) is 40.0 Å². The van der Waals surface area contributed by atoms with Crippen molar-refractivity contribution in [1.29, 1.82) is 0 Å². The van der Waals surface area contributed by atoms with Crippen molar-refractivity contribution in [3.05, 3.63) is 68.8 Å². The molecule has 0 aliphatic carbocycles. The number of hydrogen-bond donors (Lipinski definition) is 2. The van der Waals surface area contributed by atoms with Crippen molar-refractivity contribution in [2.45, 2.75) is 13.8 Å². The summed E-state index contributed by atoms with van der Waals surface area (Å²) in [7, 11) is 0.